The number of nitrogens with two attached hydrogens (primary N) is 1. The summed E-state index contributed by atoms with van der Waals surface area (Å²) < 4.78 is 29.5. The number of nitrogen functional groups attached to an aromatic ring is 1. The summed E-state index contributed by atoms with van der Waals surface area (Å²) in [5, 5.41) is 3.96. The fraction of sp³-hybridized carbons (Fsp3) is 0.250. The van der Waals surface area contributed by atoms with Crippen LogP contribution < -0.4 is 5.73 Å². The molecule has 0 spiro atoms. The Hall–Kier alpha value is -2.42. The standard InChI is InChI=1S/C12H14N4O4S/c1-3-20-12(17)10-8(13)7-16(15-10)11-9(21(2,18)19)5-4-6-14-11/h4-7H,3,13H2,1-2H3. The number of carbonyl (C=O) groups excluding carboxylic acids is 1. The van der Waals surface area contributed by atoms with Crippen LogP contribution in [0.2, 0.25) is 0 Å². The van der Waals surface area contributed by atoms with E-state index in [0.717, 1.165) is 10.9 Å². The molecule has 2 N–H and O–H groups in total. The third kappa shape index (κ3) is 3.02. The van der Waals surface area contributed by atoms with Gasteiger partial charge in [-0.3, -0.25) is 0 Å². The quantitative estimate of drug-likeness (QED) is 0.814. The average Bonchev–Trinajstić information content (AvgIpc) is 2.80. The van der Waals surface area contributed by atoms with Gasteiger partial charge in [-0.05, 0) is 19.1 Å². The van der Waals surface area contributed by atoms with Crippen molar-refractivity contribution in [1.29, 1.82) is 0 Å². The van der Waals surface area contributed by atoms with Crippen LogP contribution in [0.15, 0.2) is 29.4 Å². The molecule has 8 nitrogen and oxygen atoms in total. The molecule has 0 saturated carbocycles. The van der Waals surface area contributed by atoms with Gasteiger partial charge in [-0.2, -0.15) is 5.10 Å². The summed E-state index contributed by atoms with van der Waals surface area (Å²) in [7, 11) is -3.50. The highest BCUT2D eigenvalue weighted by Gasteiger charge is 2.21. The summed E-state index contributed by atoms with van der Waals surface area (Å²) in [6.45, 7) is 1.84. The number of sulfone groups is 1. The first-order valence-corrected chi connectivity index (χ1v) is 7.91. The number of carbonyl (C=O) groups is 1. The number of aromatic nitrogens is 3. The third-order valence-corrected chi connectivity index (χ3v) is 3.70. The maximum atomic E-state index is 11.8. The molecular formula is C12H14N4O4S. The molecule has 9 heteroatoms. The molecule has 2 aromatic rings. The molecule has 21 heavy (non-hydrogen) atoms. The number of rotatable bonds is 4. The second-order valence-electron chi connectivity index (χ2n) is 4.20. The Bertz CT molecular complexity index is 782. The second-order valence-corrected chi connectivity index (χ2v) is 6.18. The third-order valence-electron chi connectivity index (χ3n) is 2.58. The summed E-state index contributed by atoms with van der Waals surface area (Å²) >= 11 is 0. The highest BCUT2D eigenvalue weighted by atomic mass is 32.2. The Kier molecular flexibility index (Phi) is 3.94. The zero-order valence-corrected chi connectivity index (χ0v) is 12.3. The Balaban J connectivity index is 2.55. The van der Waals surface area contributed by atoms with Crippen LogP contribution in [0, 0.1) is 0 Å². The zero-order valence-electron chi connectivity index (χ0n) is 11.5. The van der Waals surface area contributed by atoms with E-state index in [1.165, 1.54) is 24.5 Å². The van der Waals surface area contributed by atoms with Crippen LogP contribution in [0.5, 0.6) is 0 Å². The largest absolute Gasteiger partial charge is 0.461 e. The summed E-state index contributed by atoms with van der Waals surface area (Å²) in [5.41, 5.74) is 5.71. The molecule has 0 aliphatic rings. The molecule has 2 rings (SSSR count). The number of esters is 1. The lowest BCUT2D eigenvalue weighted by molar-refractivity contribution is 0.0520. The van der Waals surface area contributed by atoms with E-state index in [4.69, 9.17) is 10.5 Å². The molecule has 0 aliphatic heterocycles. The molecule has 0 amide bonds. The first-order chi connectivity index (χ1) is 9.84. The molecule has 0 aromatic carbocycles. The minimum Gasteiger partial charge on any atom is -0.461 e. The van der Waals surface area contributed by atoms with Gasteiger partial charge >= 0.3 is 5.97 Å². The number of hydrogen-bond donors (Lipinski definition) is 1. The summed E-state index contributed by atoms with van der Waals surface area (Å²) in [6, 6.07) is 2.90. The second kappa shape index (κ2) is 5.52. The summed E-state index contributed by atoms with van der Waals surface area (Å²) in [6.07, 6.45) is 3.81. The van der Waals surface area contributed by atoms with Gasteiger partial charge in [0.25, 0.3) is 0 Å². The van der Waals surface area contributed by atoms with Crippen molar-refractivity contribution in [1.82, 2.24) is 14.8 Å². The normalized spacial score (nSPS) is 11.3. The van der Waals surface area contributed by atoms with Gasteiger partial charge < -0.3 is 10.5 Å². The Morgan fingerprint density at radius 3 is 2.81 bits per heavy atom. The van der Waals surface area contributed by atoms with Crippen LogP contribution in [0.25, 0.3) is 5.82 Å². The number of hydrogen-bond acceptors (Lipinski definition) is 7. The van der Waals surface area contributed by atoms with Gasteiger partial charge in [0.2, 0.25) is 0 Å². The van der Waals surface area contributed by atoms with Gasteiger partial charge in [0.15, 0.2) is 21.3 Å². The minimum absolute atomic E-state index is 0.0112. The SMILES string of the molecule is CCOC(=O)c1nn(-c2ncccc2S(C)(=O)=O)cc1N. The first-order valence-electron chi connectivity index (χ1n) is 6.02. The van der Waals surface area contributed by atoms with Crippen molar-refractivity contribution >= 4 is 21.5 Å². The predicted molar refractivity (Wildman–Crippen MR) is 74.8 cm³/mol. The van der Waals surface area contributed by atoms with Gasteiger partial charge in [0, 0.05) is 12.5 Å². The molecule has 0 aliphatic carbocycles. The lowest BCUT2D eigenvalue weighted by Crippen LogP contribution is -2.10. The molecule has 112 valence electrons. The maximum Gasteiger partial charge on any atom is 0.361 e. The molecule has 0 fully saturated rings. The highest BCUT2D eigenvalue weighted by Crippen LogP contribution is 2.20. The van der Waals surface area contributed by atoms with Crippen molar-refractivity contribution in [3.8, 4) is 5.82 Å². The topological polar surface area (TPSA) is 117 Å². The fourth-order valence-corrected chi connectivity index (χ4v) is 2.50. The molecule has 0 radical (unpaired) electrons. The van der Waals surface area contributed by atoms with E-state index >= 15 is 0 Å². The molecule has 0 atom stereocenters. The van der Waals surface area contributed by atoms with Crippen LogP contribution in [0.1, 0.15) is 17.4 Å². The van der Waals surface area contributed by atoms with Crippen LogP contribution >= 0.6 is 0 Å². The maximum absolute atomic E-state index is 11.8. The van der Waals surface area contributed by atoms with Crippen molar-refractivity contribution in [2.45, 2.75) is 11.8 Å². The van der Waals surface area contributed by atoms with Crippen molar-refractivity contribution in [3.05, 3.63) is 30.2 Å². The van der Waals surface area contributed by atoms with E-state index < -0.39 is 15.8 Å². The molecule has 0 bridgehead atoms. The molecule has 2 heterocycles. The molecule has 2 aromatic heterocycles. The van der Waals surface area contributed by atoms with E-state index in [9.17, 15) is 13.2 Å². The van der Waals surface area contributed by atoms with E-state index in [0.29, 0.717) is 0 Å². The number of anilines is 1. The first kappa shape index (κ1) is 15.0. The van der Waals surface area contributed by atoms with Crippen LogP contribution in [0.4, 0.5) is 5.69 Å². The van der Waals surface area contributed by atoms with Gasteiger partial charge in [-0.1, -0.05) is 0 Å². The Labute approximate surface area is 121 Å². The number of nitrogens with zero attached hydrogens (tertiary/aromatic N) is 3. The smallest absolute Gasteiger partial charge is 0.361 e. The van der Waals surface area contributed by atoms with Gasteiger partial charge in [-0.25, -0.2) is 22.9 Å². The van der Waals surface area contributed by atoms with E-state index in [2.05, 4.69) is 10.1 Å². The minimum atomic E-state index is -3.50. The molecular weight excluding hydrogens is 296 g/mol. The van der Waals surface area contributed by atoms with Crippen molar-refractivity contribution in [3.63, 3.8) is 0 Å². The molecule has 0 unspecified atom stereocenters. The highest BCUT2D eigenvalue weighted by molar-refractivity contribution is 7.90. The summed E-state index contributed by atoms with van der Waals surface area (Å²) in [5.74, 6) is -0.604. The lowest BCUT2D eigenvalue weighted by Gasteiger charge is -2.05. The monoisotopic (exact) mass is 310 g/mol. The zero-order chi connectivity index (χ0) is 15.6. The van der Waals surface area contributed by atoms with Gasteiger partial charge in [-0.15, -0.1) is 0 Å². The predicted octanol–water partition coefficient (Wildman–Crippen LogP) is 0.430. The van der Waals surface area contributed by atoms with Crippen molar-refractivity contribution < 1.29 is 17.9 Å². The lowest BCUT2D eigenvalue weighted by atomic mass is 10.4. The van der Waals surface area contributed by atoms with E-state index in [1.807, 2.05) is 0 Å². The number of ether oxygens (including phenoxy) is 1. The van der Waals surface area contributed by atoms with Gasteiger partial charge in [0.1, 0.15) is 4.90 Å². The Morgan fingerprint density at radius 2 is 2.19 bits per heavy atom. The van der Waals surface area contributed by atoms with Crippen LogP contribution in [0.3, 0.4) is 0 Å². The summed E-state index contributed by atoms with van der Waals surface area (Å²) in [4.78, 5) is 15.7. The van der Waals surface area contributed by atoms with Crippen molar-refractivity contribution in [2.75, 3.05) is 18.6 Å². The fourth-order valence-electron chi connectivity index (χ4n) is 1.70. The van der Waals surface area contributed by atoms with Crippen LogP contribution in [-0.2, 0) is 14.6 Å². The number of pyridine rings is 1. The van der Waals surface area contributed by atoms with E-state index in [-0.39, 0.29) is 28.7 Å². The van der Waals surface area contributed by atoms with Crippen molar-refractivity contribution in [2.24, 2.45) is 0 Å². The van der Waals surface area contributed by atoms with Crippen LogP contribution in [-0.4, -0.2) is 42.0 Å². The van der Waals surface area contributed by atoms with E-state index in [1.54, 1.807) is 6.92 Å². The van der Waals surface area contributed by atoms with Gasteiger partial charge in [0.05, 0.1) is 18.5 Å². The Morgan fingerprint density at radius 1 is 1.48 bits per heavy atom. The molecule has 0 saturated heterocycles. The average molecular weight is 310 g/mol.